The number of rotatable bonds is 4. The van der Waals surface area contributed by atoms with Gasteiger partial charge in [0.2, 0.25) is 5.88 Å². The number of imidazole rings is 1. The maximum absolute atomic E-state index is 13.6. The zero-order valence-corrected chi connectivity index (χ0v) is 21.4. The van der Waals surface area contributed by atoms with Crippen molar-refractivity contribution in [1.82, 2.24) is 33.9 Å². The van der Waals surface area contributed by atoms with Crippen LogP contribution in [-0.2, 0) is 18.8 Å². The maximum Gasteiger partial charge on any atom is 0.329 e. The van der Waals surface area contributed by atoms with Gasteiger partial charge in [0.1, 0.15) is 5.65 Å². The molecule has 1 aromatic carbocycles. The Morgan fingerprint density at radius 2 is 1.82 bits per heavy atom. The second-order valence-electron chi connectivity index (χ2n) is 9.78. The van der Waals surface area contributed by atoms with Crippen molar-refractivity contribution in [3.05, 3.63) is 59.4 Å². The van der Waals surface area contributed by atoms with Gasteiger partial charge in [-0.15, -0.1) is 0 Å². The maximum atomic E-state index is 13.6. The number of ether oxygens (including phenoxy) is 2. The molecule has 0 amide bonds. The van der Waals surface area contributed by atoms with E-state index in [2.05, 4.69) is 33.3 Å². The van der Waals surface area contributed by atoms with E-state index in [1.807, 2.05) is 41.7 Å². The van der Waals surface area contributed by atoms with Gasteiger partial charge in [-0.2, -0.15) is 5.10 Å². The van der Waals surface area contributed by atoms with E-state index in [4.69, 9.17) is 14.5 Å². The largest absolute Gasteiger partial charge is 0.481 e. The van der Waals surface area contributed by atoms with Gasteiger partial charge in [-0.3, -0.25) is 13.8 Å². The molecule has 10 heteroatoms. The Morgan fingerprint density at radius 3 is 2.58 bits per heavy atom. The summed E-state index contributed by atoms with van der Waals surface area (Å²) in [7, 11) is 5.35. The Labute approximate surface area is 217 Å². The Hall–Kier alpha value is -4.44. The van der Waals surface area contributed by atoms with Crippen molar-refractivity contribution in [1.29, 1.82) is 0 Å². The van der Waals surface area contributed by atoms with Gasteiger partial charge in [-0.25, -0.2) is 14.8 Å². The van der Waals surface area contributed by atoms with E-state index in [0.717, 1.165) is 68.2 Å². The van der Waals surface area contributed by atoms with Crippen LogP contribution in [0.5, 0.6) is 5.88 Å². The van der Waals surface area contributed by atoms with E-state index in [0.29, 0.717) is 19.1 Å². The van der Waals surface area contributed by atoms with Crippen LogP contribution >= 0.6 is 0 Å². The van der Waals surface area contributed by atoms with Crippen LogP contribution in [0, 0.1) is 0 Å². The fraction of sp³-hybridized carbons (Fsp3) is 0.286. The zero-order chi connectivity index (χ0) is 26.0. The molecule has 1 saturated heterocycles. The number of aromatic amines is 1. The molecule has 0 atom stereocenters. The second-order valence-corrected chi connectivity index (χ2v) is 9.78. The number of fused-ring (bicyclic) bond motifs is 4. The lowest BCUT2D eigenvalue weighted by atomic mass is 9.97. The molecule has 5 aromatic heterocycles. The highest BCUT2D eigenvalue weighted by atomic mass is 16.5. The number of hydrogen-bond donors (Lipinski definition) is 1. The average Bonchev–Trinajstić information content (AvgIpc) is 3.61. The molecule has 10 nitrogen and oxygen atoms in total. The van der Waals surface area contributed by atoms with E-state index in [-0.39, 0.29) is 11.7 Å². The Balaban J connectivity index is 1.60. The summed E-state index contributed by atoms with van der Waals surface area (Å²) in [6.07, 6.45) is 7.04. The van der Waals surface area contributed by atoms with Crippen LogP contribution in [0.25, 0.3) is 55.4 Å². The highest BCUT2D eigenvalue weighted by Gasteiger charge is 2.27. The number of aryl methyl sites for hydroxylation is 2. The topological polar surface area (TPSA) is 105 Å². The summed E-state index contributed by atoms with van der Waals surface area (Å²) in [6, 6.07) is 10.2. The van der Waals surface area contributed by atoms with Gasteiger partial charge in [-0.05, 0) is 36.6 Å². The lowest BCUT2D eigenvalue weighted by Gasteiger charge is -2.23. The standard InChI is InChI=1S/C28H27N7O3/c1-33-21-15-30-27-24(26(21)35(28(33)36)19-8-10-38-11-9-19)23(16-4-6-20-18(12-16)14-31-34(20)2)25(32-27)17-5-7-22(37-3)29-13-17/h4-7,12-15,19H,8-11H2,1-3H3,(H,30,32). The molecule has 1 aliphatic rings. The fourth-order valence-corrected chi connectivity index (χ4v) is 5.73. The minimum atomic E-state index is -0.0382. The highest BCUT2D eigenvalue weighted by molar-refractivity contribution is 6.14. The summed E-state index contributed by atoms with van der Waals surface area (Å²) < 4.78 is 16.4. The SMILES string of the molecule is COc1ccc(-c2[nH]c3ncc4c(c3c2-c2ccc3c(cnn3C)c2)n(C2CCOCC2)c(=O)n4C)cn1. The first kappa shape index (κ1) is 22.7. The first-order valence-corrected chi connectivity index (χ1v) is 12.7. The van der Waals surface area contributed by atoms with E-state index >= 15 is 0 Å². The molecule has 0 spiro atoms. The second kappa shape index (κ2) is 8.56. The minimum absolute atomic E-state index is 0.0382. The molecule has 6 heterocycles. The predicted molar refractivity (Wildman–Crippen MR) is 145 cm³/mol. The van der Waals surface area contributed by atoms with Crippen molar-refractivity contribution < 1.29 is 9.47 Å². The summed E-state index contributed by atoms with van der Waals surface area (Å²) in [5, 5.41) is 6.39. The molecule has 0 radical (unpaired) electrons. The number of H-pyrrole nitrogens is 1. The molecular weight excluding hydrogens is 482 g/mol. The third-order valence-corrected chi connectivity index (χ3v) is 7.70. The smallest absolute Gasteiger partial charge is 0.329 e. The number of benzene rings is 1. The molecule has 0 aliphatic carbocycles. The molecule has 192 valence electrons. The summed E-state index contributed by atoms with van der Waals surface area (Å²) in [6.45, 7) is 1.28. The zero-order valence-electron chi connectivity index (χ0n) is 21.4. The van der Waals surface area contributed by atoms with Crippen LogP contribution in [0.1, 0.15) is 18.9 Å². The van der Waals surface area contributed by atoms with Crippen LogP contribution in [0.15, 0.2) is 53.7 Å². The van der Waals surface area contributed by atoms with Crippen LogP contribution < -0.4 is 10.4 Å². The van der Waals surface area contributed by atoms with Gasteiger partial charge >= 0.3 is 5.69 Å². The number of nitrogens with zero attached hydrogens (tertiary/aromatic N) is 6. The van der Waals surface area contributed by atoms with Crippen molar-refractivity contribution in [3.8, 4) is 28.3 Å². The first-order chi connectivity index (χ1) is 18.5. The molecule has 38 heavy (non-hydrogen) atoms. The number of aromatic nitrogens is 7. The number of methoxy groups -OCH3 is 1. The van der Waals surface area contributed by atoms with Gasteiger partial charge in [0.15, 0.2) is 0 Å². The third-order valence-electron chi connectivity index (χ3n) is 7.70. The van der Waals surface area contributed by atoms with E-state index in [1.54, 1.807) is 24.1 Å². The molecule has 1 fully saturated rings. The number of hydrogen-bond acceptors (Lipinski definition) is 6. The number of nitrogens with one attached hydrogen (secondary N) is 1. The molecule has 6 aromatic rings. The summed E-state index contributed by atoms with van der Waals surface area (Å²) in [4.78, 5) is 26.4. The molecule has 0 bridgehead atoms. The van der Waals surface area contributed by atoms with Crippen LogP contribution in [0.2, 0.25) is 0 Å². The van der Waals surface area contributed by atoms with Crippen molar-refractivity contribution in [2.45, 2.75) is 18.9 Å². The predicted octanol–water partition coefficient (Wildman–Crippen LogP) is 4.19. The Morgan fingerprint density at radius 1 is 1.00 bits per heavy atom. The van der Waals surface area contributed by atoms with Gasteiger partial charge in [0, 0.05) is 62.1 Å². The van der Waals surface area contributed by atoms with Gasteiger partial charge in [-0.1, -0.05) is 6.07 Å². The fourth-order valence-electron chi connectivity index (χ4n) is 5.73. The summed E-state index contributed by atoms with van der Waals surface area (Å²) in [5.74, 6) is 0.542. The Kier molecular flexibility index (Phi) is 5.12. The quantitative estimate of drug-likeness (QED) is 0.382. The van der Waals surface area contributed by atoms with Crippen LogP contribution in [0.3, 0.4) is 0 Å². The molecule has 0 unspecified atom stereocenters. The monoisotopic (exact) mass is 509 g/mol. The normalized spacial score (nSPS) is 14.7. The summed E-state index contributed by atoms with van der Waals surface area (Å²) >= 11 is 0. The van der Waals surface area contributed by atoms with E-state index in [9.17, 15) is 4.79 Å². The van der Waals surface area contributed by atoms with Gasteiger partial charge < -0.3 is 14.5 Å². The van der Waals surface area contributed by atoms with Crippen LogP contribution in [0.4, 0.5) is 0 Å². The molecular formula is C28H27N7O3. The highest BCUT2D eigenvalue weighted by Crippen LogP contribution is 2.42. The molecule has 7 rings (SSSR count). The molecule has 0 saturated carbocycles. The molecule has 1 N–H and O–H groups in total. The van der Waals surface area contributed by atoms with Crippen molar-refractivity contribution in [2.24, 2.45) is 14.1 Å². The van der Waals surface area contributed by atoms with Gasteiger partial charge in [0.25, 0.3) is 0 Å². The molecule has 1 aliphatic heterocycles. The lowest BCUT2D eigenvalue weighted by molar-refractivity contribution is 0.0697. The van der Waals surface area contributed by atoms with Crippen molar-refractivity contribution in [2.75, 3.05) is 20.3 Å². The van der Waals surface area contributed by atoms with Crippen LogP contribution in [-0.4, -0.2) is 54.2 Å². The van der Waals surface area contributed by atoms with Gasteiger partial charge in [0.05, 0.1) is 47.1 Å². The number of pyridine rings is 2. The average molecular weight is 510 g/mol. The third kappa shape index (κ3) is 3.30. The van der Waals surface area contributed by atoms with E-state index in [1.165, 1.54) is 0 Å². The minimum Gasteiger partial charge on any atom is -0.481 e. The lowest BCUT2D eigenvalue weighted by Crippen LogP contribution is -2.29. The van der Waals surface area contributed by atoms with Crippen molar-refractivity contribution in [3.63, 3.8) is 0 Å². The first-order valence-electron chi connectivity index (χ1n) is 12.7. The van der Waals surface area contributed by atoms with Crippen molar-refractivity contribution >= 4 is 33.0 Å². The van der Waals surface area contributed by atoms with E-state index < -0.39 is 0 Å². The Bertz CT molecular complexity index is 1890. The summed E-state index contributed by atoms with van der Waals surface area (Å²) in [5.41, 5.74) is 7.18.